The zero-order valence-corrected chi connectivity index (χ0v) is 13.0. The second-order valence-electron chi connectivity index (χ2n) is 5.44. The standard InChI is InChI=1S/C15H23BrN2O/c1-10-5-6-11(7-13(10)16)15(8-17)18-14-4-2-3-12(14)9-19/h5-7,12,14-15,18-19H,2-4,8-9,17H2,1H3. The van der Waals surface area contributed by atoms with Gasteiger partial charge in [-0.15, -0.1) is 0 Å². The molecule has 1 aliphatic carbocycles. The molecule has 3 atom stereocenters. The SMILES string of the molecule is Cc1ccc(C(CN)NC2CCCC2CO)cc1Br. The molecule has 19 heavy (non-hydrogen) atoms. The lowest BCUT2D eigenvalue weighted by Gasteiger charge is -2.26. The summed E-state index contributed by atoms with van der Waals surface area (Å²) in [7, 11) is 0. The first-order valence-electron chi connectivity index (χ1n) is 6.98. The summed E-state index contributed by atoms with van der Waals surface area (Å²) in [6.07, 6.45) is 3.44. The maximum Gasteiger partial charge on any atom is 0.0474 e. The van der Waals surface area contributed by atoms with Crippen LogP contribution in [-0.2, 0) is 0 Å². The molecule has 0 bridgehead atoms. The van der Waals surface area contributed by atoms with Gasteiger partial charge in [0.25, 0.3) is 0 Å². The Hall–Kier alpha value is -0.420. The molecule has 0 saturated heterocycles. The summed E-state index contributed by atoms with van der Waals surface area (Å²) in [4.78, 5) is 0. The van der Waals surface area contributed by atoms with E-state index in [1.54, 1.807) is 0 Å². The van der Waals surface area contributed by atoms with Gasteiger partial charge in [0.15, 0.2) is 0 Å². The fourth-order valence-electron chi connectivity index (χ4n) is 2.86. The van der Waals surface area contributed by atoms with E-state index in [0.717, 1.165) is 17.3 Å². The van der Waals surface area contributed by atoms with Gasteiger partial charge in [-0.1, -0.05) is 34.5 Å². The Morgan fingerprint density at radius 2 is 2.26 bits per heavy atom. The molecule has 4 heteroatoms. The summed E-state index contributed by atoms with van der Waals surface area (Å²) in [5.41, 5.74) is 8.36. The van der Waals surface area contributed by atoms with Gasteiger partial charge in [-0.3, -0.25) is 0 Å². The van der Waals surface area contributed by atoms with Gasteiger partial charge in [0.05, 0.1) is 0 Å². The van der Waals surface area contributed by atoms with Crippen LogP contribution in [-0.4, -0.2) is 24.3 Å². The first-order valence-corrected chi connectivity index (χ1v) is 7.78. The molecular formula is C15H23BrN2O. The van der Waals surface area contributed by atoms with Crippen molar-refractivity contribution in [3.63, 3.8) is 0 Å². The summed E-state index contributed by atoms with van der Waals surface area (Å²) < 4.78 is 1.12. The zero-order valence-electron chi connectivity index (χ0n) is 11.4. The molecule has 106 valence electrons. The van der Waals surface area contributed by atoms with Crippen LogP contribution in [0.5, 0.6) is 0 Å². The van der Waals surface area contributed by atoms with Crippen LogP contribution in [0.1, 0.15) is 36.4 Å². The third kappa shape index (κ3) is 3.57. The van der Waals surface area contributed by atoms with Gasteiger partial charge in [0.2, 0.25) is 0 Å². The molecule has 1 aromatic rings. The van der Waals surface area contributed by atoms with Crippen molar-refractivity contribution in [3.8, 4) is 0 Å². The topological polar surface area (TPSA) is 58.3 Å². The number of halogens is 1. The van der Waals surface area contributed by atoms with E-state index < -0.39 is 0 Å². The molecule has 0 amide bonds. The quantitative estimate of drug-likeness (QED) is 0.779. The lowest BCUT2D eigenvalue weighted by atomic mass is 10.0. The minimum absolute atomic E-state index is 0.161. The Morgan fingerprint density at radius 3 is 2.89 bits per heavy atom. The van der Waals surface area contributed by atoms with Crippen LogP contribution in [0.3, 0.4) is 0 Å². The van der Waals surface area contributed by atoms with Crippen LogP contribution >= 0.6 is 15.9 Å². The van der Waals surface area contributed by atoms with Gasteiger partial charge in [-0.2, -0.15) is 0 Å². The third-order valence-electron chi connectivity index (χ3n) is 4.14. The van der Waals surface area contributed by atoms with E-state index in [9.17, 15) is 5.11 Å². The van der Waals surface area contributed by atoms with Crippen molar-refractivity contribution < 1.29 is 5.11 Å². The maximum atomic E-state index is 9.39. The summed E-state index contributed by atoms with van der Waals surface area (Å²) in [5.74, 6) is 0.378. The lowest BCUT2D eigenvalue weighted by molar-refractivity contribution is 0.200. The number of rotatable bonds is 5. The molecule has 1 fully saturated rings. The number of aliphatic hydroxyl groups is 1. The van der Waals surface area contributed by atoms with Crippen molar-refractivity contribution in [3.05, 3.63) is 33.8 Å². The van der Waals surface area contributed by atoms with Crippen molar-refractivity contribution in [1.29, 1.82) is 0 Å². The van der Waals surface area contributed by atoms with E-state index in [-0.39, 0.29) is 12.6 Å². The maximum absolute atomic E-state index is 9.39. The van der Waals surface area contributed by atoms with E-state index in [1.807, 2.05) is 0 Å². The van der Waals surface area contributed by atoms with Gasteiger partial charge < -0.3 is 16.2 Å². The molecule has 0 radical (unpaired) electrons. The second-order valence-corrected chi connectivity index (χ2v) is 6.30. The smallest absolute Gasteiger partial charge is 0.0474 e. The predicted molar refractivity (Wildman–Crippen MR) is 82.0 cm³/mol. The van der Waals surface area contributed by atoms with Gasteiger partial charge in [0, 0.05) is 29.7 Å². The highest BCUT2D eigenvalue weighted by Gasteiger charge is 2.28. The van der Waals surface area contributed by atoms with Crippen LogP contribution < -0.4 is 11.1 Å². The average molecular weight is 327 g/mol. The molecule has 0 spiro atoms. The number of hydrogen-bond donors (Lipinski definition) is 3. The van der Waals surface area contributed by atoms with Crippen LogP contribution in [0.2, 0.25) is 0 Å². The van der Waals surface area contributed by atoms with E-state index in [4.69, 9.17) is 5.73 Å². The Labute approximate surface area is 123 Å². The number of nitrogens with two attached hydrogens (primary N) is 1. The summed E-state index contributed by atoms with van der Waals surface area (Å²) in [6.45, 7) is 2.92. The summed E-state index contributed by atoms with van der Waals surface area (Å²) in [6, 6.07) is 6.94. The average Bonchev–Trinajstić information content (AvgIpc) is 2.86. The first kappa shape index (κ1) is 15.0. The van der Waals surface area contributed by atoms with Crippen LogP contribution in [0, 0.1) is 12.8 Å². The Bertz CT molecular complexity index is 425. The van der Waals surface area contributed by atoms with Crippen molar-refractivity contribution in [2.24, 2.45) is 11.7 Å². The fraction of sp³-hybridized carbons (Fsp3) is 0.600. The van der Waals surface area contributed by atoms with E-state index in [0.29, 0.717) is 18.5 Å². The predicted octanol–water partition coefficient (Wildman–Crippen LogP) is 2.51. The van der Waals surface area contributed by atoms with E-state index in [1.165, 1.54) is 17.5 Å². The minimum Gasteiger partial charge on any atom is -0.396 e. The lowest BCUT2D eigenvalue weighted by Crippen LogP contribution is -2.39. The van der Waals surface area contributed by atoms with Gasteiger partial charge in [0.1, 0.15) is 0 Å². The number of hydrogen-bond acceptors (Lipinski definition) is 3. The molecule has 0 aromatic heterocycles. The molecule has 1 aliphatic rings. The molecule has 0 aliphatic heterocycles. The van der Waals surface area contributed by atoms with Gasteiger partial charge in [-0.25, -0.2) is 0 Å². The normalized spacial score (nSPS) is 24.6. The van der Waals surface area contributed by atoms with Crippen LogP contribution in [0.15, 0.2) is 22.7 Å². The van der Waals surface area contributed by atoms with E-state index >= 15 is 0 Å². The molecule has 3 nitrogen and oxygen atoms in total. The van der Waals surface area contributed by atoms with Gasteiger partial charge >= 0.3 is 0 Å². The monoisotopic (exact) mass is 326 g/mol. The highest BCUT2D eigenvalue weighted by atomic mass is 79.9. The summed E-state index contributed by atoms with van der Waals surface area (Å²) in [5, 5.41) is 13.0. The Kier molecular flexibility index (Phi) is 5.39. The molecular weight excluding hydrogens is 304 g/mol. The number of benzene rings is 1. The Morgan fingerprint density at radius 1 is 1.47 bits per heavy atom. The van der Waals surface area contributed by atoms with E-state index in [2.05, 4.69) is 46.4 Å². The molecule has 1 aromatic carbocycles. The number of aliphatic hydroxyl groups excluding tert-OH is 1. The van der Waals surface area contributed by atoms with Gasteiger partial charge in [-0.05, 0) is 42.9 Å². The molecule has 1 saturated carbocycles. The fourth-order valence-corrected chi connectivity index (χ4v) is 3.26. The zero-order chi connectivity index (χ0) is 13.8. The molecule has 3 unspecified atom stereocenters. The number of nitrogens with one attached hydrogen (secondary N) is 1. The van der Waals surface area contributed by atoms with Crippen LogP contribution in [0.4, 0.5) is 0 Å². The van der Waals surface area contributed by atoms with Crippen molar-refractivity contribution in [2.75, 3.05) is 13.2 Å². The minimum atomic E-state index is 0.161. The van der Waals surface area contributed by atoms with Crippen LogP contribution in [0.25, 0.3) is 0 Å². The third-order valence-corrected chi connectivity index (χ3v) is 5.00. The molecule has 4 N–H and O–H groups in total. The second kappa shape index (κ2) is 6.84. The van der Waals surface area contributed by atoms with Crippen molar-refractivity contribution >= 4 is 15.9 Å². The first-order chi connectivity index (χ1) is 9.15. The largest absolute Gasteiger partial charge is 0.396 e. The highest BCUT2D eigenvalue weighted by molar-refractivity contribution is 9.10. The summed E-state index contributed by atoms with van der Waals surface area (Å²) >= 11 is 3.57. The molecule has 0 heterocycles. The highest BCUT2D eigenvalue weighted by Crippen LogP contribution is 2.28. The van der Waals surface area contributed by atoms with Crippen molar-refractivity contribution in [2.45, 2.75) is 38.3 Å². The Balaban J connectivity index is 2.09. The number of aryl methyl sites for hydroxylation is 1. The van der Waals surface area contributed by atoms with Crippen molar-refractivity contribution in [1.82, 2.24) is 5.32 Å². The molecule has 2 rings (SSSR count).